The Morgan fingerprint density at radius 1 is 1.00 bits per heavy atom. The molecule has 3 atom stereocenters. The lowest BCUT2D eigenvalue weighted by Gasteiger charge is -2.37. The number of hydrogen-bond donors (Lipinski definition) is 0. The first-order valence-corrected chi connectivity index (χ1v) is 9.01. The van der Waals surface area contributed by atoms with Crippen molar-refractivity contribution in [3.05, 3.63) is 0 Å². The molecule has 3 aliphatic rings. The van der Waals surface area contributed by atoms with E-state index in [-0.39, 0.29) is 29.9 Å². The number of methoxy groups -OCH3 is 1. The van der Waals surface area contributed by atoms with E-state index in [1.165, 1.54) is 20.0 Å². The molecule has 4 nitrogen and oxygen atoms in total. The lowest BCUT2D eigenvalue weighted by atomic mass is 9.81. The van der Waals surface area contributed by atoms with Gasteiger partial charge in [-0.15, -0.1) is 0 Å². The average Bonchev–Trinajstić information content (AvgIpc) is 2.93. The van der Waals surface area contributed by atoms with E-state index in [1.807, 2.05) is 4.90 Å². The number of carbonyl (C=O) groups excluding carboxylic acids is 2. The normalized spacial score (nSPS) is 38.5. The molecule has 2 aliphatic carbocycles. The van der Waals surface area contributed by atoms with E-state index in [1.54, 1.807) is 0 Å². The Hall–Kier alpha value is -1.06. The van der Waals surface area contributed by atoms with E-state index >= 15 is 0 Å². The number of ether oxygens (including phenoxy) is 1. The summed E-state index contributed by atoms with van der Waals surface area (Å²) in [5, 5.41) is 0. The topological polar surface area (TPSA) is 46.6 Å². The molecule has 0 aromatic heterocycles. The molecular weight excluding hydrogens is 278 g/mol. The van der Waals surface area contributed by atoms with Crippen LogP contribution in [0.2, 0.25) is 0 Å². The number of esters is 1. The summed E-state index contributed by atoms with van der Waals surface area (Å²) in [5.74, 6) is 1.39. The Labute approximate surface area is 133 Å². The second-order valence-electron chi connectivity index (χ2n) is 7.59. The fourth-order valence-corrected chi connectivity index (χ4v) is 4.84. The molecule has 124 valence electrons. The summed E-state index contributed by atoms with van der Waals surface area (Å²) >= 11 is 0. The molecule has 4 heteroatoms. The molecule has 0 bridgehead atoms. The summed E-state index contributed by atoms with van der Waals surface area (Å²) in [6.45, 7) is 2.27. The largest absolute Gasteiger partial charge is 0.467 e. The number of carbonyl (C=O) groups is 2. The summed E-state index contributed by atoms with van der Waals surface area (Å²) in [7, 11) is 1.44. The van der Waals surface area contributed by atoms with E-state index < -0.39 is 0 Å². The zero-order chi connectivity index (χ0) is 15.7. The van der Waals surface area contributed by atoms with Gasteiger partial charge in [0, 0.05) is 12.0 Å². The number of hydrogen-bond acceptors (Lipinski definition) is 3. The van der Waals surface area contributed by atoms with Crippen LogP contribution in [-0.2, 0) is 14.3 Å². The zero-order valence-corrected chi connectivity index (χ0v) is 13.9. The van der Waals surface area contributed by atoms with Crippen LogP contribution in [0.1, 0.15) is 64.7 Å². The van der Waals surface area contributed by atoms with Gasteiger partial charge in [0.2, 0.25) is 5.91 Å². The van der Waals surface area contributed by atoms with Crippen LogP contribution in [0.4, 0.5) is 0 Å². The van der Waals surface area contributed by atoms with Crippen LogP contribution in [-0.4, -0.2) is 36.0 Å². The first-order valence-electron chi connectivity index (χ1n) is 9.01. The van der Waals surface area contributed by atoms with Crippen molar-refractivity contribution in [2.75, 3.05) is 7.11 Å². The van der Waals surface area contributed by atoms with Crippen molar-refractivity contribution in [1.82, 2.24) is 4.90 Å². The number of rotatable bonds is 2. The molecule has 0 spiro atoms. The smallest absolute Gasteiger partial charge is 0.328 e. The molecule has 3 rings (SSSR count). The molecule has 0 unspecified atom stereocenters. The molecule has 2 saturated carbocycles. The van der Waals surface area contributed by atoms with Gasteiger partial charge in [0.1, 0.15) is 6.04 Å². The minimum atomic E-state index is -0.329. The highest BCUT2D eigenvalue weighted by molar-refractivity contribution is 5.87. The van der Waals surface area contributed by atoms with E-state index in [4.69, 9.17) is 4.74 Å². The third-order valence-corrected chi connectivity index (χ3v) is 6.18. The lowest BCUT2D eigenvalue weighted by molar-refractivity contribution is -0.154. The van der Waals surface area contributed by atoms with Crippen LogP contribution in [0.15, 0.2) is 0 Å². The zero-order valence-electron chi connectivity index (χ0n) is 13.9. The molecule has 22 heavy (non-hydrogen) atoms. The van der Waals surface area contributed by atoms with Gasteiger partial charge in [0.25, 0.3) is 0 Å². The lowest BCUT2D eigenvalue weighted by Crippen LogP contribution is -2.49. The molecule has 1 heterocycles. The van der Waals surface area contributed by atoms with Crippen LogP contribution in [0.25, 0.3) is 0 Å². The van der Waals surface area contributed by atoms with Crippen molar-refractivity contribution in [2.45, 2.75) is 76.8 Å². The predicted molar refractivity (Wildman–Crippen MR) is 84.1 cm³/mol. The minimum absolute atomic E-state index is 0.129. The quantitative estimate of drug-likeness (QED) is 0.736. The second kappa shape index (κ2) is 6.59. The van der Waals surface area contributed by atoms with Crippen molar-refractivity contribution in [2.24, 2.45) is 17.8 Å². The minimum Gasteiger partial charge on any atom is -0.467 e. The maximum absolute atomic E-state index is 13.1. The summed E-state index contributed by atoms with van der Waals surface area (Å²) in [6.07, 6.45) is 9.70. The van der Waals surface area contributed by atoms with Gasteiger partial charge in [0.05, 0.1) is 7.11 Å². The van der Waals surface area contributed by atoms with Crippen LogP contribution in [0.5, 0.6) is 0 Å². The molecule has 0 aromatic carbocycles. The summed E-state index contributed by atoms with van der Waals surface area (Å²) in [6, 6.07) is -0.0466. The number of fused-ring (bicyclic) bond motifs is 1. The van der Waals surface area contributed by atoms with Gasteiger partial charge in [-0.25, -0.2) is 4.79 Å². The SMILES string of the molecule is COC(=O)[C@@H]1C[C@H]2CCCC[C@H]2N1C(=O)C1CCC(C)CC1. The Balaban J connectivity index is 1.77. The average molecular weight is 307 g/mol. The second-order valence-corrected chi connectivity index (χ2v) is 7.59. The Kier molecular flexibility index (Phi) is 4.74. The van der Waals surface area contributed by atoms with Gasteiger partial charge in [-0.1, -0.05) is 19.8 Å². The van der Waals surface area contributed by atoms with E-state index in [0.717, 1.165) is 50.9 Å². The molecule has 1 aliphatic heterocycles. The highest BCUT2D eigenvalue weighted by Crippen LogP contribution is 2.42. The third kappa shape index (κ3) is 2.89. The highest BCUT2D eigenvalue weighted by Gasteiger charge is 2.49. The van der Waals surface area contributed by atoms with Crippen LogP contribution in [0.3, 0.4) is 0 Å². The number of nitrogens with zero attached hydrogens (tertiary/aromatic N) is 1. The van der Waals surface area contributed by atoms with Gasteiger partial charge in [-0.05, 0) is 56.8 Å². The number of amides is 1. The van der Waals surface area contributed by atoms with Crippen molar-refractivity contribution < 1.29 is 14.3 Å². The molecule has 0 aromatic rings. The van der Waals surface area contributed by atoms with Crippen LogP contribution < -0.4 is 0 Å². The Morgan fingerprint density at radius 3 is 2.36 bits per heavy atom. The standard InChI is InChI=1S/C18H29NO3/c1-12-7-9-13(10-8-12)17(20)19-15-6-4-3-5-14(15)11-16(19)18(21)22-2/h12-16H,3-11H2,1-2H3/t12?,13?,14-,15-,16+/m1/s1. The van der Waals surface area contributed by atoms with Gasteiger partial charge in [-0.3, -0.25) is 4.79 Å². The maximum Gasteiger partial charge on any atom is 0.328 e. The maximum atomic E-state index is 13.1. The van der Waals surface area contributed by atoms with Gasteiger partial charge in [-0.2, -0.15) is 0 Å². The van der Waals surface area contributed by atoms with Crippen molar-refractivity contribution in [3.63, 3.8) is 0 Å². The van der Waals surface area contributed by atoms with Gasteiger partial charge >= 0.3 is 5.97 Å². The fraction of sp³-hybridized carbons (Fsp3) is 0.889. The van der Waals surface area contributed by atoms with Crippen molar-refractivity contribution in [1.29, 1.82) is 0 Å². The van der Waals surface area contributed by atoms with Gasteiger partial charge in [0.15, 0.2) is 0 Å². The fourth-order valence-electron chi connectivity index (χ4n) is 4.84. The summed E-state index contributed by atoms with van der Waals surface area (Å²) < 4.78 is 4.99. The highest BCUT2D eigenvalue weighted by atomic mass is 16.5. The van der Waals surface area contributed by atoms with Crippen LogP contribution >= 0.6 is 0 Å². The van der Waals surface area contributed by atoms with Crippen molar-refractivity contribution in [3.8, 4) is 0 Å². The Bertz CT molecular complexity index is 428. The van der Waals surface area contributed by atoms with E-state index in [2.05, 4.69) is 6.92 Å². The van der Waals surface area contributed by atoms with Gasteiger partial charge < -0.3 is 9.64 Å². The first kappa shape index (κ1) is 15.8. The monoisotopic (exact) mass is 307 g/mol. The predicted octanol–water partition coefficient (Wildman–Crippen LogP) is 3.15. The van der Waals surface area contributed by atoms with E-state index in [9.17, 15) is 9.59 Å². The Morgan fingerprint density at radius 2 is 1.68 bits per heavy atom. The van der Waals surface area contributed by atoms with Crippen LogP contribution in [0, 0.1) is 17.8 Å². The third-order valence-electron chi connectivity index (χ3n) is 6.18. The molecular formula is C18H29NO3. The van der Waals surface area contributed by atoms with E-state index in [0.29, 0.717) is 5.92 Å². The molecule has 0 radical (unpaired) electrons. The summed E-state index contributed by atoms with van der Waals surface area (Å²) in [4.78, 5) is 27.3. The molecule has 1 saturated heterocycles. The molecule has 0 N–H and O–H groups in total. The number of likely N-dealkylation sites (tertiary alicyclic amines) is 1. The molecule has 1 amide bonds. The molecule has 3 fully saturated rings. The summed E-state index contributed by atoms with van der Waals surface area (Å²) in [5.41, 5.74) is 0. The first-order chi connectivity index (χ1) is 10.6. The van der Waals surface area contributed by atoms with Crippen molar-refractivity contribution >= 4 is 11.9 Å².